The van der Waals surface area contributed by atoms with Gasteiger partial charge in [0.15, 0.2) is 12.4 Å². The number of nitro groups is 2. The standard InChI is InChI=1S/C17H15BrN4O8/c1-28-14-4-3-10(5-12(14)18)8-19-20-16(23)9-30-17-13(22(26)27)6-11(21(24)25)7-15(17)29-2/h3-8H,9H2,1-2H3,(H,20,23)/b19-8-. The molecule has 2 aromatic carbocycles. The molecule has 13 heteroatoms. The van der Waals surface area contributed by atoms with Gasteiger partial charge in [-0.15, -0.1) is 0 Å². The smallest absolute Gasteiger partial charge is 0.321 e. The third-order valence-corrected chi connectivity index (χ3v) is 4.19. The van der Waals surface area contributed by atoms with Crippen LogP contribution in [0.4, 0.5) is 11.4 Å². The predicted octanol–water partition coefficient (Wildman–Crippen LogP) is 2.81. The first kappa shape index (κ1) is 22.5. The molecule has 0 atom stereocenters. The molecule has 1 amide bonds. The van der Waals surface area contributed by atoms with Crippen molar-refractivity contribution in [1.82, 2.24) is 5.43 Å². The van der Waals surface area contributed by atoms with Crippen molar-refractivity contribution in [2.45, 2.75) is 0 Å². The molecule has 0 fully saturated rings. The zero-order valence-electron chi connectivity index (χ0n) is 15.7. The maximum absolute atomic E-state index is 11.9. The third-order valence-electron chi connectivity index (χ3n) is 3.57. The van der Waals surface area contributed by atoms with E-state index in [2.05, 4.69) is 26.5 Å². The minimum atomic E-state index is -0.873. The van der Waals surface area contributed by atoms with Gasteiger partial charge in [-0.2, -0.15) is 5.10 Å². The number of halogens is 1. The molecule has 2 rings (SSSR count). The molecule has 2 aromatic rings. The lowest BCUT2D eigenvalue weighted by Crippen LogP contribution is -2.25. The van der Waals surface area contributed by atoms with Crippen molar-refractivity contribution in [3.8, 4) is 17.2 Å². The van der Waals surface area contributed by atoms with Gasteiger partial charge in [0.05, 0.1) is 46.9 Å². The van der Waals surface area contributed by atoms with E-state index in [-0.39, 0.29) is 5.75 Å². The van der Waals surface area contributed by atoms with E-state index in [1.807, 2.05) is 0 Å². The van der Waals surface area contributed by atoms with E-state index < -0.39 is 39.5 Å². The van der Waals surface area contributed by atoms with Gasteiger partial charge in [-0.3, -0.25) is 25.0 Å². The zero-order chi connectivity index (χ0) is 22.3. The average molecular weight is 483 g/mol. The molecule has 0 saturated carbocycles. The molecule has 0 aromatic heterocycles. The molecular formula is C17H15BrN4O8. The number of methoxy groups -OCH3 is 2. The van der Waals surface area contributed by atoms with Gasteiger partial charge >= 0.3 is 5.69 Å². The summed E-state index contributed by atoms with van der Waals surface area (Å²) in [6.07, 6.45) is 1.37. The highest BCUT2D eigenvalue weighted by molar-refractivity contribution is 9.10. The Hall–Kier alpha value is -3.74. The molecule has 0 bridgehead atoms. The van der Waals surface area contributed by atoms with Crippen LogP contribution < -0.4 is 19.6 Å². The minimum absolute atomic E-state index is 0.254. The highest BCUT2D eigenvalue weighted by Gasteiger charge is 2.27. The van der Waals surface area contributed by atoms with Crippen molar-refractivity contribution >= 4 is 39.4 Å². The Balaban J connectivity index is 2.07. The average Bonchev–Trinajstić information content (AvgIpc) is 2.71. The molecular weight excluding hydrogens is 468 g/mol. The summed E-state index contributed by atoms with van der Waals surface area (Å²) >= 11 is 3.32. The predicted molar refractivity (Wildman–Crippen MR) is 108 cm³/mol. The SMILES string of the molecule is COc1ccc(/C=N\NC(=O)COc2c(OC)cc([N+](=O)[O-])cc2[N+](=O)[O-])cc1Br. The second-order valence-corrected chi connectivity index (χ2v) is 6.34. The summed E-state index contributed by atoms with van der Waals surface area (Å²) < 4.78 is 15.9. The maximum atomic E-state index is 11.9. The Labute approximate surface area is 177 Å². The summed E-state index contributed by atoms with van der Waals surface area (Å²) in [7, 11) is 2.69. The van der Waals surface area contributed by atoms with E-state index in [4.69, 9.17) is 14.2 Å². The molecule has 0 aliphatic rings. The van der Waals surface area contributed by atoms with E-state index in [0.717, 1.165) is 19.2 Å². The van der Waals surface area contributed by atoms with E-state index in [9.17, 15) is 25.0 Å². The Morgan fingerprint density at radius 2 is 1.83 bits per heavy atom. The van der Waals surface area contributed by atoms with Crippen molar-refractivity contribution in [2.24, 2.45) is 5.10 Å². The third kappa shape index (κ3) is 5.64. The van der Waals surface area contributed by atoms with Gasteiger partial charge in [-0.25, -0.2) is 5.43 Å². The lowest BCUT2D eigenvalue weighted by molar-refractivity contribution is -0.394. The van der Waals surface area contributed by atoms with Gasteiger partial charge in [-0.1, -0.05) is 0 Å². The van der Waals surface area contributed by atoms with Crippen LogP contribution in [0.5, 0.6) is 17.2 Å². The van der Waals surface area contributed by atoms with Gasteiger partial charge in [-0.05, 0) is 39.7 Å². The van der Waals surface area contributed by atoms with Crippen molar-refractivity contribution in [2.75, 3.05) is 20.8 Å². The van der Waals surface area contributed by atoms with Crippen LogP contribution in [0.15, 0.2) is 39.9 Å². The van der Waals surface area contributed by atoms with Crippen molar-refractivity contribution < 1.29 is 28.9 Å². The van der Waals surface area contributed by atoms with Crippen LogP contribution in [0.3, 0.4) is 0 Å². The van der Waals surface area contributed by atoms with Crippen molar-refractivity contribution in [1.29, 1.82) is 0 Å². The Bertz CT molecular complexity index is 1010. The molecule has 12 nitrogen and oxygen atoms in total. The second kappa shape index (κ2) is 10.2. The number of hydrogen-bond acceptors (Lipinski definition) is 9. The number of nitrogens with zero attached hydrogens (tertiary/aromatic N) is 3. The van der Waals surface area contributed by atoms with Crippen LogP contribution >= 0.6 is 15.9 Å². The highest BCUT2D eigenvalue weighted by Crippen LogP contribution is 2.40. The normalized spacial score (nSPS) is 10.5. The number of ether oxygens (including phenoxy) is 3. The Morgan fingerprint density at radius 3 is 2.40 bits per heavy atom. The van der Waals surface area contributed by atoms with E-state index >= 15 is 0 Å². The summed E-state index contributed by atoms with van der Waals surface area (Å²) in [4.78, 5) is 32.4. The topological polar surface area (TPSA) is 155 Å². The fraction of sp³-hybridized carbons (Fsp3) is 0.176. The Kier molecular flexibility index (Phi) is 7.63. The quantitative estimate of drug-likeness (QED) is 0.324. The molecule has 0 heterocycles. The second-order valence-electron chi connectivity index (χ2n) is 5.49. The number of rotatable bonds is 9. The van der Waals surface area contributed by atoms with Crippen LogP contribution in [0, 0.1) is 20.2 Å². The largest absolute Gasteiger partial charge is 0.496 e. The van der Waals surface area contributed by atoms with Gasteiger partial charge in [0.1, 0.15) is 5.75 Å². The minimum Gasteiger partial charge on any atom is -0.496 e. The van der Waals surface area contributed by atoms with E-state index in [0.29, 0.717) is 15.8 Å². The summed E-state index contributed by atoms with van der Waals surface area (Å²) in [5.74, 6) is -0.752. The van der Waals surface area contributed by atoms with E-state index in [1.165, 1.54) is 13.3 Å². The van der Waals surface area contributed by atoms with Crippen LogP contribution in [-0.4, -0.2) is 42.8 Å². The first-order valence-electron chi connectivity index (χ1n) is 8.05. The number of carbonyl (C=O) groups excluding carboxylic acids is 1. The lowest BCUT2D eigenvalue weighted by atomic mass is 10.2. The van der Waals surface area contributed by atoms with Crippen molar-refractivity contribution in [3.63, 3.8) is 0 Å². The number of carbonyl (C=O) groups is 1. The molecule has 0 radical (unpaired) electrons. The number of benzene rings is 2. The molecule has 0 saturated heterocycles. The number of non-ortho nitro benzene ring substituents is 1. The fourth-order valence-corrected chi connectivity index (χ4v) is 2.78. The number of hydrazone groups is 1. The monoisotopic (exact) mass is 482 g/mol. The number of nitrogens with one attached hydrogen (secondary N) is 1. The van der Waals surface area contributed by atoms with Crippen molar-refractivity contribution in [3.05, 3.63) is 60.6 Å². The van der Waals surface area contributed by atoms with E-state index in [1.54, 1.807) is 18.2 Å². The summed E-state index contributed by atoms with van der Waals surface area (Å²) in [6, 6.07) is 6.81. The number of nitro benzene ring substituents is 2. The lowest BCUT2D eigenvalue weighted by Gasteiger charge is -2.10. The molecule has 0 aliphatic carbocycles. The van der Waals surface area contributed by atoms with Gasteiger partial charge in [0.2, 0.25) is 5.75 Å². The molecule has 0 unspecified atom stereocenters. The van der Waals surface area contributed by atoms with Gasteiger partial charge in [0.25, 0.3) is 11.6 Å². The van der Waals surface area contributed by atoms with Crippen LogP contribution in [0.25, 0.3) is 0 Å². The molecule has 158 valence electrons. The molecule has 30 heavy (non-hydrogen) atoms. The van der Waals surface area contributed by atoms with Crippen LogP contribution in [-0.2, 0) is 4.79 Å². The summed E-state index contributed by atoms with van der Waals surface area (Å²) in [6.45, 7) is -0.640. The maximum Gasteiger partial charge on any atom is 0.321 e. The van der Waals surface area contributed by atoms with Gasteiger partial charge in [0, 0.05) is 0 Å². The fourth-order valence-electron chi connectivity index (χ4n) is 2.22. The summed E-state index contributed by atoms with van der Waals surface area (Å²) in [5, 5.41) is 25.9. The Morgan fingerprint density at radius 1 is 1.13 bits per heavy atom. The summed E-state index contributed by atoms with van der Waals surface area (Å²) in [5.41, 5.74) is 1.61. The number of amides is 1. The molecule has 1 N–H and O–H groups in total. The molecule has 0 aliphatic heterocycles. The van der Waals surface area contributed by atoms with Crippen LogP contribution in [0.2, 0.25) is 0 Å². The van der Waals surface area contributed by atoms with Crippen LogP contribution in [0.1, 0.15) is 5.56 Å². The first-order chi connectivity index (χ1) is 14.3. The zero-order valence-corrected chi connectivity index (χ0v) is 17.2. The molecule has 0 spiro atoms. The van der Waals surface area contributed by atoms with Gasteiger partial charge < -0.3 is 14.2 Å². The first-order valence-corrected chi connectivity index (χ1v) is 8.85. The highest BCUT2D eigenvalue weighted by atomic mass is 79.9. The number of hydrogen-bond donors (Lipinski definition) is 1.